The molecule has 1 aromatic rings. The van der Waals surface area contributed by atoms with E-state index in [0.29, 0.717) is 13.0 Å². The Kier molecular flexibility index (Phi) is 3.95. The molecular weight excluding hydrogens is 297 g/mol. The number of ether oxygens (including phenoxy) is 1. The second-order valence-electron chi connectivity index (χ2n) is 4.64. The standard InChI is InChI=1S/C12H12ClF3N2O2/c13-8-3-7(12(14,15)16)4-9(5-8)18-10(19)11(17)1-2-20-6-11/h3-5H,1-2,6,17H2,(H,18,19). The van der Waals surface area contributed by atoms with Crippen LogP contribution in [0.2, 0.25) is 5.02 Å². The van der Waals surface area contributed by atoms with E-state index in [-0.39, 0.29) is 17.3 Å². The Morgan fingerprint density at radius 2 is 2.10 bits per heavy atom. The van der Waals surface area contributed by atoms with Gasteiger partial charge in [0.25, 0.3) is 0 Å². The number of carbonyl (C=O) groups is 1. The molecule has 110 valence electrons. The first-order valence-corrected chi connectivity index (χ1v) is 6.14. The number of nitrogens with two attached hydrogens (primary N) is 1. The molecule has 1 amide bonds. The summed E-state index contributed by atoms with van der Waals surface area (Å²) in [5.74, 6) is -0.592. The van der Waals surface area contributed by atoms with Gasteiger partial charge in [0, 0.05) is 17.3 Å². The molecule has 20 heavy (non-hydrogen) atoms. The zero-order chi connectivity index (χ0) is 15.0. The van der Waals surface area contributed by atoms with Crippen LogP contribution in [-0.2, 0) is 15.7 Å². The normalized spacial score (nSPS) is 22.9. The highest BCUT2D eigenvalue weighted by atomic mass is 35.5. The molecule has 1 aliphatic heterocycles. The van der Waals surface area contributed by atoms with Gasteiger partial charge in [-0.3, -0.25) is 4.79 Å². The lowest BCUT2D eigenvalue weighted by atomic mass is 9.99. The minimum absolute atomic E-state index is 0.0333. The minimum atomic E-state index is -4.54. The summed E-state index contributed by atoms with van der Waals surface area (Å²) in [7, 11) is 0. The maximum atomic E-state index is 12.6. The molecule has 1 fully saturated rings. The van der Waals surface area contributed by atoms with Gasteiger partial charge in [-0.15, -0.1) is 0 Å². The molecule has 1 aliphatic rings. The zero-order valence-electron chi connectivity index (χ0n) is 10.3. The molecule has 3 N–H and O–H groups in total. The summed E-state index contributed by atoms with van der Waals surface area (Å²) in [6.07, 6.45) is -4.23. The van der Waals surface area contributed by atoms with E-state index in [1.54, 1.807) is 0 Å². The molecular formula is C12H12ClF3N2O2. The van der Waals surface area contributed by atoms with E-state index in [2.05, 4.69) is 5.32 Å². The lowest BCUT2D eigenvalue weighted by molar-refractivity contribution is -0.137. The largest absolute Gasteiger partial charge is 0.416 e. The van der Waals surface area contributed by atoms with E-state index in [0.717, 1.165) is 12.1 Å². The molecule has 1 aromatic carbocycles. The predicted molar refractivity (Wildman–Crippen MR) is 67.4 cm³/mol. The molecule has 2 rings (SSSR count). The molecule has 0 aromatic heterocycles. The van der Waals surface area contributed by atoms with Crippen molar-refractivity contribution in [3.05, 3.63) is 28.8 Å². The van der Waals surface area contributed by atoms with E-state index in [1.807, 2.05) is 0 Å². The third-order valence-electron chi connectivity index (χ3n) is 2.99. The summed E-state index contributed by atoms with van der Waals surface area (Å²) in [6, 6.07) is 2.82. The van der Waals surface area contributed by atoms with Crippen LogP contribution in [0.1, 0.15) is 12.0 Å². The van der Waals surface area contributed by atoms with Crippen molar-refractivity contribution in [2.45, 2.75) is 18.1 Å². The van der Waals surface area contributed by atoms with Gasteiger partial charge in [0.2, 0.25) is 5.91 Å². The van der Waals surface area contributed by atoms with Crippen molar-refractivity contribution in [3.63, 3.8) is 0 Å². The van der Waals surface area contributed by atoms with Gasteiger partial charge < -0.3 is 15.8 Å². The lowest BCUT2D eigenvalue weighted by Gasteiger charge is -2.21. The van der Waals surface area contributed by atoms with E-state index in [4.69, 9.17) is 22.1 Å². The van der Waals surface area contributed by atoms with Gasteiger partial charge >= 0.3 is 6.18 Å². The Labute approximate surface area is 118 Å². The summed E-state index contributed by atoms with van der Waals surface area (Å²) >= 11 is 5.63. The van der Waals surface area contributed by atoms with Crippen molar-refractivity contribution < 1.29 is 22.7 Å². The number of benzene rings is 1. The van der Waals surface area contributed by atoms with Crippen molar-refractivity contribution in [2.24, 2.45) is 5.73 Å². The van der Waals surface area contributed by atoms with Crippen LogP contribution in [0.4, 0.5) is 18.9 Å². The molecule has 8 heteroatoms. The first-order valence-electron chi connectivity index (χ1n) is 5.77. The molecule has 1 saturated heterocycles. The molecule has 0 saturated carbocycles. The quantitative estimate of drug-likeness (QED) is 0.882. The third kappa shape index (κ3) is 3.23. The first-order chi connectivity index (χ1) is 9.21. The Hall–Kier alpha value is -1.31. The van der Waals surface area contributed by atoms with Gasteiger partial charge in [-0.05, 0) is 24.6 Å². The molecule has 0 bridgehead atoms. The number of rotatable bonds is 2. The smallest absolute Gasteiger partial charge is 0.379 e. The fourth-order valence-corrected chi connectivity index (χ4v) is 2.08. The molecule has 0 radical (unpaired) electrons. The molecule has 0 spiro atoms. The van der Waals surface area contributed by atoms with Crippen molar-refractivity contribution in [1.82, 2.24) is 0 Å². The van der Waals surface area contributed by atoms with Gasteiger partial charge in [-0.1, -0.05) is 11.6 Å². The van der Waals surface area contributed by atoms with E-state index in [9.17, 15) is 18.0 Å². The van der Waals surface area contributed by atoms with Crippen LogP contribution >= 0.6 is 11.6 Å². The number of hydrogen-bond acceptors (Lipinski definition) is 3. The van der Waals surface area contributed by atoms with Gasteiger partial charge in [-0.2, -0.15) is 13.2 Å². The topological polar surface area (TPSA) is 64.4 Å². The third-order valence-corrected chi connectivity index (χ3v) is 3.21. The number of amides is 1. The summed E-state index contributed by atoms with van der Waals surface area (Å²) in [5, 5.41) is 2.23. The lowest BCUT2D eigenvalue weighted by Crippen LogP contribution is -2.51. The maximum absolute atomic E-state index is 12.6. The van der Waals surface area contributed by atoms with Crippen molar-refractivity contribution in [3.8, 4) is 0 Å². The predicted octanol–water partition coefficient (Wildman–Crippen LogP) is 2.42. The number of carbonyl (C=O) groups excluding carboxylic acids is 1. The van der Waals surface area contributed by atoms with Crippen LogP contribution in [0.3, 0.4) is 0 Å². The number of halogens is 4. The summed E-state index contributed by atoms with van der Waals surface area (Å²) < 4.78 is 43.0. The average Bonchev–Trinajstić information content (AvgIpc) is 2.75. The molecule has 1 unspecified atom stereocenters. The average molecular weight is 309 g/mol. The molecule has 1 atom stereocenters. The highest BCUT2D eigenvalue weighted by Gasteiger charge is 2.38. The second-order valence-corrected chi connectivity index (χ2v) is 5.08. The van der Waals surface area contributed by atoms with Crippen molar-refractivity contribution in [2.75, 3.05) is 18.5 Å². The molecule has 4 nitrogen and oxygen atoms in total. The maximum Gasteiger partial charge on any atom is 0.416 e. The number of nitrogens with one attached hydrogen (secondary N) is 1. The molecule has 0 aliphatic carbocycles. The van der Waals surface area contributed by atoms with Gasteiger partial charge in [0.1, 0.15) is 5.54 Å². The zero-order valence-corrected chi connectivity index (χ0v) is 11.0. The fraction of sp³-hybridized carbons (Fsp3) is 0.417. The van der Waals surface area contributed by atoms with Gasteiger partial charge in [-0.25, -0.2) is 0 Å². The number of hydrogen-bond donors (Lipinski definition) is 2. The van der Waals surface area contributed by atoms with Crippen LogP contribution in [0, 0.1) is 0 Å². The number of anilines is 1. The number of alkyl halides is 3. The summed E-state index contributed by atoms with van der Waals surface area (Å²) in [6.45, 7) is 0.374. The SMILES string of the molecule is NC1(C(=O)Nc2cc(Cl)cc(C(F)(F)F)c2)CCOC1. The first kappa shape index (κ1) is 15.1. The van der Waals surface area contributed by atoms with E-state index < -0.39 is 23.2 Å². The summed E-state index contributed by atoms with van der Waals surface area (Å²) in [5.41, 5.74) is 3.61. The van der Waals surface area contributed by atoms with Crippen LogP contribution < -0.4 is 11.1 Å². The van der Waals surface area contributed by atoms with Crippen LogP contribution in [0.5, 0.6) is 0 Å². The Morgan fingerprint density at radius 1 is 1.40 bits per heavy atom. The Bertz CT molecular complexity index is 528. The second kappa shape index (κ2) is 5.23. The van der Waals surface area contributed by atoms with Gasteiger partial charge in [0.05, 0.1) is 12.2 Å². The van der Waals surface area contributed by atoms with Gasteiger partial charge in [0.15, 0.2) is 0 Å². The Morgan fingerprint density at radius 3 is 2.65 bits per heavy atom. The highest BCUT2D eigenvalue weighted by molar-refractivity contribution is 6.31. The fourth-order valence-electron chi connectivity index (χ4n) is 1.84. The Balaban J connectivity index is 2.21. The van der Waals surface area contributed by atoms with Crippen LogP contribution in [0.15, 0.2) is 18.2 Å². The van der Waals surface area contributed by atoms with E-state index >= 15 is 0 Å². The monoisotopic (exact) mass is 308 g/mol. The van der Waals surface area contributed by atoms with Crippen molar-refractivity contribution in [1.29, 1.82) is 0 Å². The minimum Gasteiger partial charge on any atom is -0.379 e. The summed E-state index contributed by atoms with van der Waals surface area (Å²) in [4.78, 5) is 12.0. The van der Waals surface area contributed by atoms with E-state index in [1.165, 1.54) is 6.07 Å². The highest BCUT2D eigenvalue weighted by Crippen LogP contribution is 2.33. The van der Waals surface area contributed by atoms with Crippen molar-refractivity contribution >= 4 is 23.2 Å². The molecule has 1 heterocycles. The van der Waals surface area contributed by atoms with Crippen LogP contribution in [-0.4, -0.2) is 24.7 Å². The van der Waals surface area contributed by atoms with Crippen LogP contribution in [0.25, 0.3) is 0 Å².